The standard InChI is InChI=1S/C21H16N6O3/c28-27(29)19-20(24-15-25-21(19)30-17-9-6-11-22-13-17)26(18-10-4-5-12-23-18)14-16-7-2-1-3-8-16/h1-13,15H,14H2. The van der Waals surface area contributed by atoms with Crippen LogP contribution in [0, 0.1) is 10.1 Å². The molecular formula is C21H16N6O3. The first-order valence-corrected chi connectivity index (χ1v) is 9.02. The number of hydrogen-bond donors (Lipinski definition) is 0. The predicted octanol–water partition coefficient (Wildman–Crippen LogP) is 4.31. The molecule has 3 heterocycles. The second-order valence-corrected chi connectivity index (χ2v) is 6.16. The summed E-state index contributed by atoms with van der Waals surface area (Å²) in [4.78, 5) is 29.6. The predicted molar refractivity (Wildman–Crippen MR) is 110 cm³/mol. The van der Waals surface area contributed by atoms with E-state index in [1.807, 2.05) is 30.3 Å². The van der Waals surface area contributed by atoms with Crippen LogP contribution in [0.15, 0.2) is 85.6 Å². The molecule has 0 saturated carbocycles. The first-order valence-electron chi connectivity index (χ1n) is 9.02. The fraction of sp³-hybridized carbons (Fsp3) is 0.0476. The summed E-state index contributed by atoms with van der Waals surface area (Å²) in [5, 5.41) is 12.0. The Morgan fingerprint density at radius 1 is 0.933 bits per heavy atom. The van der Waals surface area contributed by atoms with Crippen LogP contribution in [0.1, 0.15) is 5.56 Å². The van der Waals surface area contributed by atoms with Crippen molar-refractivity contribution in [1.29, 1.82) is 0 Å². The van der Waals surface area contributed by atoms with Gasteiger partial charge in [0.1, 0.15) is 17.9 Å². The number of pyridine rings is 2. The highest BCUT2D eigenvalue weighted by molar-refractivity contribution is 5.69. The van der Waals surface area contributed by atoms with Crippen LogP contribution in [0.2, 0.25) is 0 Å². The van der Waals surface area contributed by atoms with Crippen molar-refractivity contribution in [1.82, 2.24) is 19.9 Å². The van der Waals surface area contributed by atoms with E-state index >= 15 is 0 Å². The molecule has 1 aromatic carbocycles. The van der Waals surface area contributed by atoms with Crippen molar-refractivity contribution in [2.75, 3.05) is 4.90 Å². The van der Waals surface area contributed by atoms with Gasteiger partial charge in [-0.1, -0.05) is 36.4 Å². The van der Waals surface area contributed by atoms with Crippen LogP contribution in [-0.4, -0.2) is 24.9 Å². The molecule has 3 aromatic heterocycles. The number of ether oxygens (including phenoxy) is 1. The number of benzene rings is 1. The average molecular weight is 400 g/mol. The largest absolute Gasteiger partial charge is 0.432 e. The Hall–Kier alpha value is -4.40. The van der Waals surface area contributed by atoms with E-state index in [2.05, 4.69) is 19.9 Å². The zero-order chi connectivity index (χ0) is 20.8. The van der Waals surface area contributed by atoms with Gasteiger partial charge in [-0.25, -0.2) is 9.97 Å². The van der Waals surface area contributed by atoms with E-state index < -0.39 is 4.92 Å². The van der Waals surface area contributed by atoms with E-state index in [9.17, 15) is 10.1 Å². The monoisotopic (exact) mass is 400 g/mol. The van der Waals surface area contributed by atoms with Crippen molar-refractivity contribution in [2.24, 2.45) is 0 Å². The molecule has 4 rings (SSSR count). The molecule has 30 heavy (non-hydrogen) atoms. The molecular weight excluding hydrogens is 384 g/mol. The highest BCUT2D eigenvalue weighted by Crippen LogP contribution is 2.38. The van der Waals surface area contributed by atoms with Gasteiger partial charge in [-0.05, 0) is 29.8 Å². The Morgan fingerprint density at radius 3 is 2.47 bits per heavy atom. The van der Waals surface area contributed by atoms with Crippen LogP contribution in [0.4, 0.5) is 17.3 Å². The number of anilines is 2. The summed E-state index contributed by atoms with van der Waals surface area (Å²) < 4.78 is 5.65. The second kappa shape index (κ2) is 8.74. The molecule has 0 bridgehead atoms. The van der Waals surface area contributed by atoms with Gasteiger partial charge in [-0.15, -0.1) is 0 Å². The topological polar surface area (TPSA) is 107 Å². The second-order valence-electron chi connectivity index (χ2n) is 6.16. The third kappa shape index (κ3) is 4.20. The molecule has 0 aliphatic carbocycles. The maximum Gasteiger partial charge on any atom is 0.373 e. The summed E-state index contributed by atoms with van der Waals surface area (Å²) in [6, 6.07) is 18.2. The molecule has 0 N–H and O–H groups in total. The molecule has 0 aliphatic rings. The first kappa shape index (κ1) is 18.9. The van der Waals surface area contributed by atoms with E-state index in [0.29, 0.717) is 18.1 Å². The molecule has 0 atom stereocenters. The SMILES string of the molecule is O=[N+]([O-])c1c(Oc2cccnc2)ncnc1N(Cc1ccccc1)c1ccccn1. The van der Waals surface area contributed by atoms with Gasteiger partial charge in [-0.2, -0.15) is 4.98 Å². The number of rotatable bonds is 7. The van der Waals surface area contributed by atoms with Crippen molar-refractivity contribution in [2.45, 2.75) is 6.54 Å². The minimum Gasteiger partial charge on any atom is -0.432 e. The van der Waals surface area contributed by atoms with Crippen LogP contribution < -0.4 is 9.64 Å². The number of hydrogen-bond acceptors (Lipinski definition) is 8. The third-order valence-electron chi connectivity index (χ3n) is 4.17. The summed E-state index contributed by atoms with van der Waals surface area (Å²) in [5.74, 6) is 0.747. The average Bonchev–Trinajstić information content (AvgIpc) is 2.79. The molecule has 0 amide bonds. The number of nitrogens with zero attached hydrogens (tertiary/aromatic N) is 6. The molecule has 9 nitrogen and oxygen atoms in total. The normalized spacial score (nSPS) is 10.4. The van der Waals surface area contributed by atoms with Crippen molar-refractivity contribution >= 4 is 17.3 Å². The molecule has 0 radical (unpaired) electrons. The smallest absolute Gasteiger partial charge is 0.373 e. The van der Waals surface area contributed by atoms with Gasteiger partial charge in [0, 0.05) is 12.4 Å². The van der Waals surface area contributed by atoms with Gasteiger partial charge in [0.05, 0.1) is 17.7 Å². The Bertz CT molecular complexity index is 1130. The van der Waals surface area contributed by atoms with E-state index in [4.69, 9.17) is 4.74 Å². The molecule has 148 valence electrons. The minimum atomic E-state index is -0.554. The summed E-state index contributed by atoms with van der Waals surface area (Å²) >= 11 is 0. The lowest BCUT2D eigenvalue weighted by atomic mass is 10.2. The zero-order valence-corrected chi connectivity index (χ0v) is 15.7. The first-order chi connectivity index (χ1) is 14.7. The van der Waals surface area contributed by atoms with Gasteiger partial charge in [0.2, 0.25) is 5.82 Å². The summed E-state index contributed by atoms with van der Waals surface area (Å²) in [6.45, 7) is 0.321. The summed E-state index contributed by atoms with van der Waals surface area (Å²) in [7, 11) is 0. The van der Waals surface area contributed by atoms with Crippen LogP contribution in [0.5, 0.6) is 11.6 Å². The van der Waals surface area contributed by atoms with Crippen molar-refractivity contribution < 1.29 is 9.66 Å². The quantitative estimate of drug-likeness (QED) is 0.334. The van der Waals surface area contributed by atoms with Gasteiger partial charge >= 0.3 is 11.6 Å². The van der Waals surface area contributed by atoms with Gasteiger partial charge < -0.3 is 9.64 Å². The Labute approximate surface area is 171 Å². The fourth-order valence-corrected chi connectivity index (χ4v) is 2.85. The molecule has 4 aromatic rings. The maximum absolute atomic E-state index is 12.0. The highest BCUT2D eigenvalue weighted by Gasteiger charge is 2.30. The van der Waals surface area contributed by atoms with Crippen LogP contribution in [-0.2, 0) is 6.54 Å². The van der Waals surface area contributed by atoms with E-state index in [1.54, 1.807) is 47.6 Å². The third-order valence-corrected chi connectivity index (χ3v) is 4.17. The van der Waals surface area contributed by atoms with Gasteiger partial charge in [0.15, 0.2) is 0 Å². The van der Waals surface area contributed by atoms with Crippen molar-refractivity contribution in [3.8, 4) is 11.6 Å². The number of nitro groups is 1. The lowest BCUT2D eigenvalue weighted by molar-refractivity contribution is -0.385. The summed E-state index contributed by atoms with van der Waals surface area (Å²) in [6.07, 6.45) is 5.88. The van der Waals surface area contributed by atoms with E-state index in [1.165, 1.54) is 12.5 Å². The lowest BCUT2D eigenvalue weighted by Gasteiger charge is -2.22. The van der Waals surface area contributed by atoms with Gasteiger partial charge in [0.25, 0.3) is 0 Å². The van der Waals surface area contributed by atoms with Crippen molar-refractivity contribution in [3.63, 3.8) is 0 Å². The van der Waals surface area contributed by atoms with Crippen LogP contribution in [0.25, 0.3) is 0 Å². The minimum absolute atomic E-state index is 0.0800. The molecule has 0 unspecified atom stereocenters. The van der Waals surface area contributed by atoms with Crippen LogP contribution in [0.3, 0.4) is 0 Å². The molecule has 0 fully saturated rings. The Balaban J connectivity index is 1.81. The molecule has 0 spiro atoms. The molecule has 0 saturated heterocycles. The van der Waals surface area contributed by atoms with E-state index in [0.717, 1.165) is 5.56 Å². The molecule has 0 aliphatic heterocycles. The van der Waals surface area contributed by atoms with Crippen LogP contribution >= 0.6 is 0 Å². The lowest BCUT2D eigenvalue weighted by Crippen LogP contribution is -2.20. The zero-order valence-electron chi connectivity index (χ0n) is 15.7. The highest BCUT2D eigenvalue weighted by atomic mass is 16.6. The maximum atomic E-state index is 12.0. The van der Waals surface area contributed by atoms with E-state index in [-0.39, 0.29) is 17.4 Å². The fourth-order valence-electron chi connectivity index (χ4n) is 2.85. The Kier molecular flexibility index (Phi) is 5.52. The van der Waals surface area contributed by atoms with Gasteiger partial charge in [-0.3, -0.25) is 15.1 Å². The Morgan fingerprint density at radius 2 is 1.77 bits per heavy atom. The van der Waals surface area contributed by atoms with Crippen molar-refractivity contribution in [3.05, 3.63) is 101 Å². The number of aromatic nitrogens is 4. The molecule has 9 heteroatoms. The summed E-state index contributed by atoms with van der Waals surface area (Å²) in [5.41, 5.74) is 0.578.